The molecular weight excluding hydrogens is 408 g/mol. The van der Waals surface area contributed by atoms with Crippen LogP contribution in [-0.4, -0.2) is 8.77 Å². The van der Waals surface area contributed by atoms with Gasteiger partial charge >= 0.3 is 17.1 Å². The molecule has 0 saturated carbocycles. The first-order valence-electron chi connectivity index (χ1n) is 6.33. The maximum Gasteiger partial charge on any atom is 2.00 e. The number of rotatable bonds is 4. The van der Waals surface area contributed by atoms with Crippen LogP contribution in [0.5, 0.6) is 0 Å². The van der Waals surface area contributed by atoms with Crippen molar-refractivity contribution in [2.45, 2.75) is 13.2 Å². The molecule has 2 nitrogen and oxygen atoms in total. The molecule has 0 aliphatic rings. The van der Waals surface area contributed by atoms with Crippen LogP contribution in [-0.2, 0) is 65.0 Å². The third-order valence-electron chi connectivity index (χ3n) is 2.40. The summed E-state index contributed by atoms with van der Waals surface area (Å²) >= 11 is 18.3. The van der Waals surface area contributed by atoms with Gasteiger partial charge in [-0.15, -0.1) is 0 Å². The maximum atomic E-state index is 4.97. The summed E-state index contributed by atoms with van der Waals surface area (Å²) in [4.78, 5) is 0. The van der Waals surface area contributed by atoms with Crippen LogP contribution in [0.2, 0.25) is 0 Å². The fourth-order valence-corrected chi connectivity index (χ4v) is 1.67. The van der Waals surface area contributed by atoms with Gasteiger partial charge in [0.2, 0.25) is 0 Å². The van der Waals surface area contributed by atoms with E-state index in [-0.39, 0.29) is 25.8 Å². The van der Waals surface area contributed by atoms with Gasteiger partial charge in [-0.2, -0.15) is 0 Å². The largest absolute Gasteiger partial charge is 2.00 e. The minimum Gasteiger partial charge on any atom is -0.509 e. The second-order valence-corrected chi connectivity index (χ2v) is 6.05. The minimum absolute atomic E-state index is 0. The topological polar surface area (TPSA) is 18.5 Å². The molecule has 2 aromatic carbocycles. The Labute approximate surface area is 169 Å². The summed E-state index contributed by atoms with van der Waals surface area (Å²) in [5.41, 5.74) is 2.17. The fraction of sp³-hybridized carbons (Fsp3) is 0.125. The van der Waals surface area contributed by atoms with Crippen LogP contribution in [0.3, 0.4) is 0 Å². The summed E-state index contributed by atoms with van der Waals surface area (Å²) in [6.45, 7) is 0.951. The molecule has 0 spiro atoms. The minimum atomic E-state index is 0. The number of hydrogen-bond donors (Lipinski definition) is 0. The molecule has 0 amide bonds. The van der Waals surface area contributed by atoms with Crippen molar-refractivity contribution in [3.05, 3.63) is 71.8 Å². The molecule has 2 aromatic rings. The normalized spacial score (nSPS) is 8.70. The van der Waals surface area contributed by atoms with Crippen molar-refractivity contribution in [1.82, 2.24) is 0 Å². The molecule has 0 unspecified atom stereocenters. The second kappa shape index (κ2) is 13.6. The molecule has 0 aromatic heterocycles. The molecule has 0 atom stereocenters. The summed E-state index contributed by atoms with van der Waals surface area (Å²) in [6.07, 6.45) is 0. The number of hydrogen-bond acceptors (Lipinski definition) is 6. The Kier molecular flexibility index (Phi) is 13.1. The van der Waals surface area contributed by atoms with Crippen molar-refractivity contribution in [2.75, 3.05) is 0 Å². The molecule has 2 rings (SSSR count). The van der Waals surface area contributed by atoms with Gasteiger partial charge in [-0.1, -0.05) is 60.7 Å². The Morgan fingerprint density at radius 1 is 0.696 bits per heavy atom. The van der Waals surface area contributed by atoms with Crippen molar-refractivity contribution in [1.29, 1.82) is 0 Å². The van der Waals surface area contributed by atoms with Crippen LogP contribution in [0.1, 0.15) is 11.1 Å². The SMILES string of the molecule is S=C([S-])OCc1ccccc1.S=C([S-])OCc1ccccc1.[Fe+2]. The van der Waals surface area contributed by atoms with E-state index in [4.69, 9.17) is 9.47 Å². The quantitative estimate of drug-likeness (QED) is 0.417. The molecule has 7 heteroatoms. The fourth-order valence-electron chi connectivity index (χ4n) is 1.43. The third kappa shape index (κ3) is 12.3. The van der Waals surface area contributed by atoms with E-state index in [0.717, 1.165) is 11.1 Å². The van der Waals surface area contributed by atoms with Gasteiger partial charge < -0.3 is 59.2 Å². The molecule has 0 radical (unpaired) electrons. The third-order valence-corrected chi connectivity index (χ3v) is 2.87. The summed E-state index contributed by atoms with van der Waals surface area (Å²) in [5, 5.41) is 0. The number of benzene rings is 2. The average molecular weight is 422 g/mol. The molecule has 0 aliphatic carbocycles. The average Bonchev–Trinajstić information content (AvgIpc) is 2.53. The first kappa shape index (κ1) is 22.2. The molecule has 23 heavy (non-hydrogen) atoms. The summed E-state index contributed by atoms with van der Waals surface area (Å²) < 4.78 is 10.3. The van der Waals surface area contributed by atoms with Crippen molar-refractivity contribution in [2.24, 2.45) is 0 Å². The maximum absolute atomic E-state index is 4.97. The Morgan fingerprint density at radius 3 is 1.26 bits per heavy atom. The zero-order chi connectivity index (χ0) is 16.2. The number of thiocarbonyl (C=S) groups is 2. The van der Waals surface area contributed by atoms with E-state index in [1.807, 2.05) is 60.7 Å². The molecule has 0 bridgehead atoms. The predicted octanol–water partition coefficient (Wildman–Crippen LogP) is 4.07. The van der Waals surface area contributed by atoms with E-state index in [1.165, 1.54) is 0 Å². The Morgan fingerprint density at radius 2 is 1.00 bits per heavy atom. The van der Waals surface area contributed by atoms with E-state index in [9.17, 15) is 0 Å². The monoisotopic (exact) mass is 422 g/mol. The van der Waals surface area contributed by atoms with Crippen LogP contribution < -0.4 is 0 Å². The zero-order valence-electron chi connectivity index (χ0n) is 12.0. The van der Waals surface area contributed by atoms with Crippen molar-refractivity contribution >= 4 is 58.5 Å². The van der Waals surface area contributed by atoms with Gasteiger partial charge in [0.25, 0.3) is 0 Å². The number of ether oxygens (including phenoxy) is 2. The van der Waals surface area contributed by atoms with E-state index in [2.05, 4.69) is 49.7 Å². The van der Waals surface area contributed by atoms with Crippen LogP contribution in [0, 0.1) is 0 Å². The summed E-state index contributed by atoms with van der Waals surface area (Å²) in [5.74, 6) is 0. The standard InChI is InChI=1S/2C8H8OS2.Fe/c2*10-8(11)9-6-7-4-2-1-3-5-7;/h2*1-5H,6H2,(H,10,11);/q;;+2/p-2. The van der Waals surface area contributed by atoms with E-state index in [0.29, 0.717) is 13.2 Å². The summed E-state index contributed by atoms with van der Waals surface area (Å²) in [6, 6.07) is 19.6. The molecule has 0 N–H and O–H groups in total. The Hall–Kier alpha value is -0.821. The molecule has 0 heterocycles. The summed E-state index contributed by atoms with van der Waals surface area (Å²) in [7, 11) is 0. The van der Waals surface area contributed by atoms with Gasteiger partial charge in [0.15, 0.2) is 0 Å². The van der Waals surface area contributed by atoms with E-state index >= 15 is 0 Å². The van der Waals surface area contributed by atoms with Gasteiger partial charge in [-0.25, -0.2) is 0 Å². The first-order chi connectivity index (χ1) is 10.6. The van der Waals surface area contributed by atoms with Crippen molar-refractivity contribution in [3.63, 3.8) is 0 Å². The van der Waals surface area contributed by atoms with Crippen LogP contribution in [0.4, 0.5) is 0 Å². The van der Waals surface area contributed by atoms with Crippen LogP contribution in [0.15, 0.2) is 60.7 Å². The Balaban J connectivity index is 0.000000403. The first-order valence-corrected chi connectivity index (χ1v) is 7.96. The smallest absolute Gasteiger partial charge is 0.509 e. The van der Waals surface area contributed by atoms with Crippen LogP contribution in [0.25, 0.3) is 0 Å². The van der Waals surface area contributed by atoms with Crippen molar-refractivity contribution in [3.8, 4) is 0 Å². The molecule has 0 saturated heterocycles. The van der Waals surface area contributed by atoms with Gasteiger partial charge in [-0.05, 0) is 11.1 Å². The van der Waals surface area contributed by atoms with Gasteiger partial charge in [-0.3, -0.25) is 0 Å². The molecular formula is C16H14FeO2S4. The predicted molar refractivity (Wildman–Crippen MR) is 102 cm³/mol. The molecule has 122 valence electrons. The van der Waals surface area contributed by atoms with Gasteiger partial charge in [0.1, 0.15) is 13.2 Å². The van der Waals surface area contributed by atoms with E-state index in [1.54, 1.807) is 0 Å². The molecule has 0 fully saturated rings. The Bertz CT molecular complexity index is 526. The van der Waals surface area contributed by atoms with E-state index < -0.39 is 0 Å². The van der Waals surface area contributed by atoms with Gasteiger partial charge in [0, 0.05) is 8.77 Å². The van der Waals surface area contributed by atoms with Crippen LogP contribution >= 0.6 is 24.4 Å². The zero-order valence-corrected chi connectivity index (χ0v) is 16.4. The van der Waals surface area contributed by atoms with Gasteiger partial charge in [0.05, 0.1) is 0 Å². The molecule has 0 aliphatic heterocycles. The second-order valence-electron chi connectivity index (χ2n) is 4.05. The van der Waals surface area contributed by atoms with Crippen molar-refractivity contribution < 1.29 is 26.5 Å².